The van der Waals surface area contributed by atoms with Crippen LogP contribution < -0.4 is 5.32 Å². The highest BCUT2D eigenvalue weighted by atomic mass is 14.9. The molecule has 2 saturated carbocycles. The van der Waals surface area contributed by atoms with Crippen molar-refractivity contribution in [3.8, 4) is 12.3 Å². The second kappa shape index (κ2) is 4.84. The maximum atomic E-state index is 5.21. The van der Waals surface area contributed by atoms with Crippen molar-refractivity contribution in [3.63, 3.8) is 0 Å². The van der Waals surface area contributed by atoms with E-state index in [1.165, 1.54) is 45.1 Å². The maximum absolute atomic E-state index is 5.21. The monoisotopic (exact) mass is 191 g/mol. The summed E-state index contributed by atoms with van der Waals surface area (Å²) < 4.78 is 0. The Morgan fingerprint density at radius 3 is 2.79 bits per heavy atom. The first kappa shape index (κ1) is 10.1. The Labute approximate surface area is 87.7 Å². The van der Waals surface area contributed by atoms with E-state index in [0.717, 1.165) is 24.3 Å². The molecule has 0 radical (unpaired) electrons. The number of hydrogen-bond acceptors (Lipinski definition) is 1. The van der Waals surface area contributed by atoms with Gasteiger partial charge in [-0.3, -0.25) is 0 Å². The van der Waals surface area contributed by atoms with Crippen LogP contribution in [-0.4, -0.2) is 12.6 Å². The Kier molecular flexibility index (Phi) is 3.48. The van der Waals surface area contributed by atoms with Crippen LogP contribution in [0.5, 0.6) is 0 Å². The molecular formula is C13H21N. The molecule has 0 heterocycles. The maximum Gasteiger partial charge on any atom is 0.00980 e. The number of nitrogens with one attached hydrogen (secondary N) is 1. The molecule has 2 aliphatic carbocycles. The van der Waals surface area contributed by atoms with Crippen LogP contribution in [0.4, 0.5) is 0 Å². The molecule has 0 aromatic heterocycles. The number of terminal acetylenes is 1. The minimum atomic E-state index is 0.847. The molecule has 1 nitrogen and oxygen atoms in total. The van der Waals surface area contributed by atoms with Crippen molar-refractivity contribution in [1.29, 1.82) is 0 Å². The molecule has 78 valence electrons. The zero-order valence-electron chi connectivity index (χ0n) is 8.97. The quantitative estimate of drug-likeness (QED) is 0.520. The minimum Gasteiger partial charge on any atom is -0.314 e. The first-order valence-electron chi connectivity index (χ1n) is 6.07. The zero-order chi connectivity index (χ0) is 9.80. The van der Waals surface area contributed by atoms with Gasteiger partial charge in [-0.05, 0) is 50.5 Å². The standard InChI is InChI=1S/C13H21N/c1-2-3-4-5-8-14-13-10-11-6-7-12(13)9-11/h1,11-14H,3-10H2. The molecule has 2 bridgehead atoms. The summed E-state index contributed by atoms with van der Waals surface area (Å²) in [7, 11) is 0. The summed E-state index contributed by atoms with van der Waals surface area (Å²) in [5.74, 6) is 4.76. The summed E-state index contributed by atoms with van der Waals surface area (Å²) in [6, 6.07) is 0.847. The van der Waals surface area contributed by atoms with E-state index in [1.807, 2.05) is 0 Å². The van der Waals surface area contributed by atoms with Crippen molar-refractivity contribution >= 4 is 0 Å². The van der Waals surface area contributed by atoms with Crippen LogP contribution in [0.15, 0.2) is 0 Å². The Balaban J connectivity index is 1.56. The van der Waals surface area contributed by atoms with Crippen molar-refractivity contribution in [2.45, 2.75) is 51.0 Å². The van der Waals surface area contributed by atoms with Gasteiger partial charge >= 0.3 is 0 Å². The number of unbranched alkanes of at least 4 members (excludes halogenated alkanes) is 2. The van der Waals surface area contributed by atoms with E-state index < -0.39 is 0 Å². The summed E-state index contributed by atoms with van der Waals surface area (Å²) >= 11 is 0. The van der Waals surface area contributed by atoms with Gasteiger partial charge in [0.2, 0.25) is 0 Å². The van der Waals surface area contributed by atoms with Crippen LogP contribution >= 0.6 is 0 Å². The first-order valence-corrected chi connectivity index (χ1v) is 6.07. The fourth-order valence-corrected chi connectivity index (χ4v) is 3.13. The normalized spacial score (nSPS) is 34.6. The molecule has 14 heavy (non-hydrogen) atoms. The van der Waals surface area contributed by atoms with Crippen molar-refractivity contribution in [2.24, 2.45) is 11.8 Å². The third kappa shape index (κ3) is 2.30. The van der Waals surface area contributed by atoms with Crippen molar-refractivity contribution in [3.05, 3.63) is 0 Å². The summed E-state index contributed by atoms with van der Waals surface area (Å²) in [4.78, 5) is 0. The fraction of sp³-hybridized carbons (Fsp3) is 0.846. The van der Waals surface area contributed by atoms with Gasteiger partial charge in [0.15, 0.2) is 0 Å². The molecule has 0 aliphatic heterocycles. The van der Waals surface area contributed by atoms with Gasteiger partial charge in [0.25, 0.3) is 0 Å². The average molecular weight is 191 g/mol. The molecule has 2 fully saturated rings. The highest BCUT2D eigenvalue weighted by Crippen LogP contribution is 2.44. The van der Waals surface area contributed by atoms with E-state index >= 15 is 0 Å². The van der Waals surface area contributed by atoms with Gasteiger partial charge < -0.3 is 5.32 Å². The predicted molar refractivity (Wildman–Crippen MR) is 59.9 cm³/mol. The molecule has 3 unspecified atom stereocenters. The summed E-state index contributed by atoms with van der Waals surface area (Å²) in [6.45, 7) is 1.18. The highest BCUT2D eigenvalue weighted by molar-refractivity contribution is 4.94. The molecule has 2 rings (SSSR count). The average Bonchev–Trinajstić information content (AvgIpc) is 2.79. The second-order valence-corrected chi connectivity index (χ2v) is 4.90. The van der Waals surface area contributed by atoms with Gasteiger partial charge in [-0.2, -0.15) is 0 Å². The van der Waals surface area contributed by atoms with Crippen molar-refractivity contribution in [1.82, 2.24) is 5.32 Å². The van der Waals surface area contributed by atoms with Crippen LogP contribution in [0.3, 0.4) is 0 Å². The van der Waals surface area contributed by atoms with Gasteiger partial charge in [0.05, 0.1) is 0 Å². The molecule has 1 N–H and O–H groups in total. The van der Waals surface area contributed by atoms with Gasteiger partial charge in [0.1, 0.15) is 0 Å². The summed E-state index contributed by atoms with van der Waals surface area (Å²) in [5.41, 5.74) is 0. The van der Waals surface area contributed by atoms with E-state index in [2.05, 4.69) is 11.2 Å². The fourth-order valence-electron chi connectivity index (χ4n) is 3.13. The summed E-state index contributed by atoms with van der Waals surface area (Å²) in [5, 5.41) is 3.70. The van der Waals surface area contributed by atoms with E-state index in [9.17, 15) is 0 Å². The number of hydrogen-bond donors (Lipinski definition) is 1. The van der Waals surface area contributed by atoms with Gasteiger partial charge in [-0.1, -0.05) is 6.42 Å². The lowest BCUT2D eigenvalue weighted by Crippen LogP contribution is -2.34. The van der Waals surface area contributed by atoms with Gasteiger partial charge in [-0.15, -0.1) is 12.3 Å². The van der Waals surface area contributed by atoms with Crippen LogP contribution in [0.2, 0.25) is 0 Å². The van der Waals surface area contributed by atoms with E-state index in [4.69, 9.17) is 6.42 Å². The van der Waals surface area contributed by atoms with Crippen LogP contribution in [0, 0.1) is 24.2 Å². The first-order chi connectivity index (χ1) is 6.90. The number of fused-ring (bicyclic) bond motifs is 2. The largest absolute Gasteiger partial charge is 0.314 e. The lowest BCUT2D eigenvalue weighted by atomic mass is 9.95. The van der Waals surface area contributed by atoms with Crippen LogP contribution in [-0.2, 0) is 0 Å². The Bertz CT molecular complexity index is 216. The molecule has 0 amide bonds. The third-order valence-corrected chi connectivity index (χ3v) is 3.89. The predicted octanol–water partition coefficient (Wildman–Crippen LogP) is 2.57. The Morgan fingerprint density at radius 2 is 2.14 bits per heavy atom. The Morgan fingerprint density at radius 1 is 1.21 bits per heavy atom. The molecule has 0 saturated heterocycles. The Hall–Kier alpha value is -0.480. The molecule has 1 heteroatoms. The highest BCUT2D eigenvalue weighted by Gasteiger charge is 2.38. The van der Waals surface area contributed by atoms with Crippen LogP contribution in [0.1, 0.15) is 44.9 Å². The van der Waals surface area contributed by atoms with Gasteiger partial charge in [-0.25, -0.2) is 0 Å². The smallest absolute Gasteiger partial charge is 0.00980 e. The molecule has 2 aliphatic rings. The van der Waals surface area contributed by atoms with E-state index in [1.54, 1.807) is 0 Å². The third-order valence-electron chi connectivity index (χ3n) is 3.89. The van der Waals surface area contributed by atoms with Crippen molar-refractivity contribution < 1.29 is 0 Å². The SMILES string of the molecule is C#CCCCCNC1CC2CCC1C2. The topological polar surface area (TPSA) is 12.0 Å². The molecule has 0 aromatic carbocycles. The van der Waals surface area contributed by atoms with Crippen molar-refractivity contribution in [2.75, 3.05) is 6.54 Å². The van der Waals surface area contributed by atoms with E-state index in [-0.39, 0.29) is 0 Å². The van der Waals surface area contributed by atoms with Crippen LogP contribution in [0.25, 0.3) is 0 Å². The van der Waals surface area contributed by atoms with Gasteiger partial charge in [0, 0.05) is 12.5 Å². The lowest BCUT2D eigenvalue weighted by Gasteiger charge is -2.22. The van der Waals surface area contributed by atoms with E-state index in [0.29, 0.717) is 0 Å². The molecule has 3 atom stereocenters. The number of rotatable bonds is 5. The lowest BCUT2D eigenvalue weighted by molar-refractivity contribution is 0.350. The second-order valence-electron chi connectivity index (χ2n) is 4.90. The molecular weight excluding hydrogens is 170 g/mol. The minimum absolute atomic E-state index is 0.847. The molecule has 0 aromatic rings. The zero-order valence-corrected chi connectivity index (χ0v) is 8.97. The molecule has 0 spiro atoms. The summed E-state index contributed by atoms with van der Waals surface area (Å²) in [6.07, 6.45) is 14.5.